The molecule has 0 atom stereocenters. The van der Waals surface area contributed by atoms with Gasteiger partial charge in [0.2, 0.25) is 5.91 Å². The number of piperazine rings is 1. The molecule has 0 bridgehead atoms. The molecule has 108 valence electrons. The molecule has 1 aliphatic carbocycles. The summed E-state index contributed by atoms with van der Waals surface area (Å²) in [6, 6.07) is 8.52. The van der Waals surface area contributed by atoms with Crippen LogP contribution >= 0.6 is 0 Å². The number of hydrogen-bond acceptors (Lipinski definition) is 2. The van der Waals surface area contributed by atoms with Crippen molar-refractivity contribution in [2.75, 3.05) is 31.1 Å². The normalized spacial score (nSPS) is 20.4. The third-order valence-corrected chi connectivity index (χ3v) is 4.75. The van der Waals surface area contributed by atoms with E-state index in [-0.39, 0.29) is 0 Å². The summed E-state index contributed by atoms with van der Waals surface area (Å²) in [4.78, 5) is 16.9. The van der Waals surface area contributed by atoms with Gasteiger partial charge in [0.25, 0.3) is 0 Å². The van der Waals surface area contributed by atoms with Gasteiger partial charge in [0.05, 0.1) is 0 Å². The molecule has 2 fully saturated rings. The molecule has 0 aromatic heterocycles. The van der Waals surface area contributed by atoms with Crippen molar-refractivity contribution in [2.24, 2.45) is 5.92 Å². The smallest absolute Gasteiger partial charge is 0.225 e. The number of aryl methyl sites for hydroxylation is 1. The molecule has 3 rings (SSSR count). The molecule has 0 N–H and O–H groups in total. The number of nitrogens with zero attached hydrogens (tertiary/aromatic N) is 2. The molecule has 1 saturated heterocycles. The van der Waals surface area contributed by atoms with Crippen molar-refractivity contribution in [3.8, 4) is 0 Å². The Labute approximate surface area is 121 Å². The lowest BCUT2D eigenvalue weighted by molar-refractivity contribution is -0.135. The molecule has 1 aromatic carbocycles. The Morgan fingerprint density at radius 1 is 1.05 bits per heavy atom. The summed E-state index contributed by atoms with van der Waals surface area (Å²) in [5.41, 5.74) is 2.64. The Morgan fingerprint density at radius 3 is 2.35 bits per heavy atom. The molecular formula is C17H24N2O. The zero-order valence-electron chi connectivity index (χ0n) is 12.3. The first-order chi connectivity index (χ1) is 9.75. The van der Waals surface area contributed by atoms with E-state index in [0.717, 1.165) is 39.0 Å². The number of amides is 1. The van der Waals surface area contributed by atoms with Crippen LogP contribution in [0.1, 0.15) is 31.2 Å². The quantitative estimate of drug-likeness (QED) is 0.826. The lowest BCUT2D eigenvalue weighted by Crippen LogP contribution is -2.50. The van der Waals surface area contributed by atoms with Crippen molar-refractivity contribution in [1.29, 1.82) is 0 Å². The maximum Gasteiger partial charge on any atom is 0.225 e. The SMILES string of the molecule is Cc1ccccc1N1CCN(C(=O)C2CCCC2)CC1. The van der Waals surface area contributed by atoms with Gasteiger partial charge in [-0.15, -0.1) is 0 Å². The Hall–Kier alpha value is -1.51. The first kappa shape index (κ1) is 13.5. The van der Waals surface area contributed by atoms with E-state index in [1.165, 1.54) is 24.1 Å². The molecule has 2 aliphatic rings. The highest BCUT2D eigenvalue weighted by Crippen LogP contribution is 2.27. The number of carbonyl (C=O) groups is 1. The zero-order valence-corrected chi connectivity index (χ0v) is 12.3. The number of carbonyl (C=O) groups excluding carboxylic acids is 1. The summed E-state index contributed by atoms with van der Waals surface area (Å²) in [5, 5.41) is 0. The Balaban J connectivity index is 1.59. The highest BCUT2D eigenvalue weighted by atomic mass is 16.2. The van der Waals surface area contributed by atoms with E-state index in [9.17, 15) is 4.79 Å². The number of hydrogen-bond donors (Lipinski definition) is 0. The maximum absolute atomic E-state index is 12.4. The largest absolute Gasteiger partial charge is 0.368 e. The van der Waals surface area contributed by atoms with Gasteiger partial charge in [-0.3, -0.25) is 4.79 Å². The molecule has 0 radical (unpaired) electrons. The molecule has 1 aliphatic heterocycles. The van der Waals surface area contributed by atoms with Crippen molar-refractivity contribution in [2.45, 2.75) is 32.6 Å². The van der Waals surface area contributed by atoms with Crippen molar-refractivity contribution in [3.05, 3.63) is 29.8 Å². The minimum absolute atomic E-state index is 0.319. The average molecular weight is 272 g/mol. The van der Waals surface area contributed by atoms with Crippen molar-refractivity contribution in [3.63, 3.8) is 0 Å². The summed E-state index contributed by atoms with van der Waals surface area (Å²) in [7, 11) is 0. The van der Waals surface area contributed by atoms with E-state index in [1.807, 2.05) is 0 Å². The van der Waals surface area contributed by atoms with Crippen LogP contribution in [0.15, 0.2) is 24.3 Å². The second kappa shape index (κ2) is 5.86. The van der Waals surface area contributed by atoms with Crippen molar-refractivity contribution >= 4 is 11.6 Å². The molecule has 3 heteroatoms. The van der Waals surface area contributed by atoms with Gasteiger partial charge < -0.3 is 9.80 Å². The summed E-state index contributed by atoms with van der Waals surface area (Å²) in [6.45, 7) is 5.84. The molecular weight excluding hydrogens is 248 g/mol. The fourth-order valence-corrected chi connectivity index (χ4v) is 3.52. The van der Waals surface area contributed by atoms with E-state index < -0.39 is 0 Å². The predicted octanol–water partition coefficient (Wildman–Crippen LogP) is 2.83. The van der Waals surface area contributed by atoms with Gasteiger partial charge in [-0.2, -0.15) is 0 Å². The molecule has 3 nitrogen and oxygen atoms in total. The van der Waals surface area contributed by atoms with Crippen LogP contribution in [0.4, 0.5) is 5.69 Å². The summed E-state index contributed by atoms with van der Waals surface area (Å²) >= 11 is 0. The Kier molecular flexibility index (Phi) is 3.95. The summed E-state index contributed by atoms with van der Waals surface area (Å²) < 4.78 is 0. The zero-order chi connectivity index (χ0) is 13.9. The Morgan fingerprint density at radius 2 is 1.70 bits per heavy atom. The van der Waals surface area contributed by atoms with Crippen molar-refractivity contribution < 1.29 is 4.79 Å². The number of rotatable bonds is 2. The highest BCUT2D eigenvalue weighted by Gasteiger charge is 2.29. The number of para-hydroxylation sites is 1. The summed E-state index contributed by atoms with van der Waals surface area (Å²) in [6.07, 6.45) is 4.69. The second-order valence-corrected chi connectivity index (χ2v) is 6.08. The molecule has 1 amide bonds. The van der Waals surface area contributed by atoms with Crippen LogP contribution in [0.3, 0.4) is 0 Å². The van der Waals surface area contributed by atoms with Crippen LogP contribution in [0.5, 0.6) is 0 Å². The van der Waals surface area contributed by atoms with Gasteiger partial charge >= 0.3 is 0 Å². The predicted molar refractivity (Wildman–Crippen MR) is 81.9 cm³/mol. The van der Waals surface area contributed by atoms with Crippen LogP contribution in [0.2, 0.25) is 0 Å². The van der Waals surface area contributed by atoms with Crippen LogP contribution in [-0.4, -0.2) is 37.0 Å². The van der Waals surface area contributed by atoms with E-state index in [2.05, 4.69) is 41.0 Å². The van der Waals surface area contributed by atoms with Gasteiger partial charge in [-0.05, 0) is 31.4 Å². The van der Waals surface area contributed by atoms with Gasteiger partial charge in [-0.25, -0.2) is 0 Å². The molecule has 1 saturated carbocycles. The molecule has 1 heterocycles. The minimum atomic E-state index is 0.319. The standard InChI is InChI=1S/C17H24N2O/c1-14-6-2-5-9-16(14)18-10-12-19(13-11-18)17(20)15-7-3-4-8-15/h2,5-6,9,15H,3-4,7-8,10-13H2,1H3. The van der Waals surface area contributed by atoms with Gasteiger partial charge in [-0.1, -0.05) is 31.0 Å². The average Bonchev–Trinajstić information content (AvgIpc) is 3.01. The van der Waals surface area contributed by atoms with Crippen LogP contribution < -0.4 is 4.90 Å². The van der Waals surface area contributed by atoms with Crippen LogP contribution in [-0.2, 0) is 4.79 Å². The van der Waals surface area contributed by atoms with Crippen LogP contribution in [0, 0.1) is 12.8 Å². The van der Waals surface area contributed by atoms with Gasteiger partial charge in [0, 0.05) is 37.8 Å². The minimum Gasteiger partial charge on any atom is -0.368 e. The molecule has 1 aromatic rings. The van der Waals surface area contributed by atoms with Crippen LogP contribution in [0.25, 0.3) is 0 Å². The number of benzene rings is 1. The van der Waals surface area contributed by atoms with Crippen molar-refractivity contribution in [1.82, 2.24) is 4.90 Å². The summed E-state index contributed by atoms with van der Waals surface area (Å²) in [5.74, 6) is 0.729. The van der Waals surface area contributed by atoms with Gasteiger partial charge in [0.15, 0.2) is 0 Å². The first-order valence-electron chi connectivity index (χ1n) is 7.85. The van der Waals surface area contributed by atoms with E-state index >= 15 is 0 Å². The Bertz CT molecular complexity index is 472. The second-order valence-electron chi connectivity index (χ2n) is 6.08. The van der Waals surface area contributed by atoms with E-state index in [4.69, 9.17) is 0 Å². The monoisotopic (exact) mass is 272 g/mol. The topological polar surface area (TPSA) is 23.6 Å². The molecule has 20 heavy (non-hydrogen) atoms. The third-order valence-electron chi connectivity index (χ3n) is 4.75. The third kappa shape index (κ3) is 2.67. The molecule has 0 spiro atoms. The highest BCUT2D eigenvalue weighted by molar-refractivity contribution is 5.79. The number of anilines is 1. The fourth-order valence-electron chi connectivity index (χ4n) is 3.52. The maximum atomic E-state index is 12.4. The molecule has 0 unspecified atom stereocenters. The lowest BCUT2D eigenvalue weighted by Gasteiger charge is -2.37. The van der Waals surface area contributed by atoms with Gasteiger partial charge in [0.1, 0.15) is 0 Å². The fraction of sp³-hybridized carbons (Fsp3) is 0.588. The lowest BCUT2D eigenvalue weighted by atomic mass is 10.1. The van der Waals surface area contributed by atoms with E-state index in [0.29, 0.717) is 11.8 Å². The first-order valence-corrected chi connectivity index (χ1v) is 7.85. The van der Waals surface area contributed by atoms with E-state index in [1.54, 1.807) is 0 Å².